The molecule has 0 rings (SSSR count). The molecule has 0 aromatic carbocycles. The maximum atomic E-state index is 12.5. The smallest absolute Gasteiger partial charge is 0.369 e. The van der Waals surface area contributed by atoms with E-state index in [1.54, 1.807) is 13.8 Å². The number of nitrogens with two attached hydrogens (primary N) is 2. The first-order valence-corrected chi connectivity index (χ1v) is 4.97. The highest BCUT2D eigenvalue weighted by Gasteiger charge is 2.39. The third kappa shape index (κ3) is 5.32. The van der Waals surface area contributed by atoms with Crippen LogP contribution >= 0.6 is 0 Å². The van der Waals surface area contributed by atoms with Crippen LogP contribution in [0, 0.1) is 5.92 Å². The lowest BCUT2D eigenvalue weighted by Gasteiger charge is -2.30. The van der Waals surface area contributed by atoms with Crippen LogP contribution in [0.15, 0.2) is 0 Å². The summed E-state index contributed by atoms with van der Waals surface area (Å²) >= 11 is 0. The maximum absolute atomic E-state index is 12.5. The number of primary amides is 1. The normalized spacial score (nSPS) is 14.5. The molecule has 0 spiro atoms. The third-order valence-corrected chi connectivity index (χ3v) is 2.29. The molecule has 0 aliphatic rings. The third-order valence-electron chi connectivity index (χ3n) is 2.29. The van der Waals surface area contributed by atoms with Crippen molar-refractivity contribution in [2.45, 2.75) is 26.1 Å². The van der Waals surface area contributed by atoms with Crippen molar-refractivity contribution in [1.29, 1.82) is 0 Å². The van der Waals surface area contributed by atoms with Gasteiger partial charge < -0.3 is 11.5 Å². The summed E-state index contributed by atoms with van der Waals surface area (Å²) in [5.41, 5.74) is 10.0. The molecule has 0 aromatic heterocycles. The minimum atomic E-state index is -4.35. The second kappa shape index (κ2) is 6.05. The van der Waals surface area contributed by atoms with Crippen molar-refractivity contribution < 1.29 is 18.0 Å². The van der Waals surface area contributed by atoms with Gasteiger partial charge in [-0.2, -0.15) is 13.2 Å². The van der Waals surface area contributed by atoms with Gasteiger partial charge in [0.25, 0.3) is 0 Å². The van der Waals surface area contributed by atoms with E-state index in [0.29, 0.717) is 0 Å². The Morgan fingerprint density at radius 1 is 1.38 bits per heavy atom. The number of halogens is 3. The highest BCUT2D eigenvalue weighted by atomic mass is 19.4. The molecular formula is C9H18F3N3O. The molecule has 0 aliphatic heterocycles. The summed E-state index contributed by atoms with van der Waals surface area (Å²) in [6.07, 6.45) is -4.35. The molecule has 1 unspecified atom stereocenters. The Hall–Kier alpha value is -0.820. The number of hydrogen-bond donors (Lipinski definition) is 2. The molecule has 16 heavy (non-hydrogen) atoms. The molecule has 0 saturated carbocycles. The van der Waals surface area contributed by atoms with Gasteiger partial charge >= 0.3 is 6.18 Å². The fourth-order valence-electron chi connectivity index (χ4n) is 1.25. The van der Waals surface area contributed by atoms with Gasteiger partial charge in [-0.25, -0.2) is 0 Å². The molecule has 0 heterocycles. The Morgan fingerprint density at radius 3 is 2.12 bits per heavy atom. The van der Waals surface area contributed by atoms with Crippen molar-refractivity contribution >= 4 is 5.91 Å². The lowest BCUT2D eigenvalue weighted by Crippen LogP contribution is -2.46. The number of alkyl halides is 3. The molecule has 96 valence electrons. The number of nitrogens with zero attached hydrogens (tertiary/aromatic N) is 1. The first-order chi connectivity index (χ1) is 7.18. The van der Waals surface area contributed by atoms with E-state index in [2.05, 4.69) is 0 Å². The molecule has 0 aromatic rings. The van der Waals surface area contributed by atoms with Crippen molar-refractivity contribution in [2.24, 2.45) is 17.4 Å². The van der Waals surface area contributed by atoms with Crippen molar-refractivity contribution in [3.8, 4) is 0 Å². The van der Waals surface area contributed by atoms with E-state index in [1.807, 2.05) is 0 Å². The van der Waals surface area contributed by atoms with Crippen LogP contribution < -0.4 is 11.5 Å². The van der Waals surface area contributed by atoms with Crippen LogP contribution in [0.25, 0.3) is 0 Å². The van der Waals surface area contributed by atoms with Crippen LogP contribution in [0.1, 0.15) is 13.8 Å². The van der Waals surface area contributed by atoms with Crippen LogP contribution in [0.3, 0.4) is 0 Å². The maximum Gasteiger partial charge on any atom is 0.394 e. The van der Waals surface area contributed by atoms with E-state index < -0.39 is 24.5 Å². The number of carbonyl (C=O) groups is 1. The highest BCUT2D eigenvalue weighted by Crippen LogP contribution is 2.26. The fraction of sp³-hybridized carbons (Fsp3) is 0.889. The number of hydrogen-bond acceptors (Lipinski definition) is 3. The van der Waals surface area contributed by atoms with Gasteiger partial charge in [-0.3, -0.25) is 9.69 Å². The van der Waals surface area contributed by atoms with Gasteiger partial charge in [-0.15, -0.1) is 0 Å². The van der Waals surface area contributed by atoms with Gasteiger partial charge in [0.15, 0.2) is 0 Å². The SMILES string of the molecule is CC(C)N(CC(N)=O)CC(CN)C(F)(F)F. The predicted molar refractivity (Wildman–Crippen MR) is 54.5 cm³/mol. The summed E-state index contributed by atoms with van der Waals surface area (Å²) < 4.78 is 37.4. The average Bonchev–Trinajstić information content (AvgIpc) is 2.08. The second-order valence-electron chi connectivity index (χ2n) is 3.96. The summed E-state index contributed by atoms with van der Waals surface area (Å²) in [6.45, 7) is 2.41. The molecule has 0 bridgehead atoms. The van der Waals surface area contributed by atoms with E-state index >= 15 is 0 Å². The fourth-order valence-corrected chi connectivity index (χ4v) is 1.25. The summed E-state index contributed by atoms with van der Waals surface area (Å²) in [5.74, 6) is -2.28. The standard InChI is InChI=1S/C9H18F3N3O/c1-6(2)15(5-8(14)16)4-7(3-13)9(10,11)12/h6-7H,3-5,13H2,1-2H3,(H2,14,16). The Kier molecular flexibility index (Phi) is 5.74. The number of carbonyl (C=O) groups excluding carboxylic acids is 1. The molecule has 0 aliphatic carbocycles. The van der Waals surface area contributed by atoms with Crippen molar-refractivity contribution in [3.05, 3.63) is 0 Å². The summed E-state index contributed by atoms with van der Waals surface area (Å²) in [5, 5.41) is 0. The first kappa shape index (κ1) is 15.2. The van der Waals surface area contributed by atoms with Crippen LogP contribution in [0.4, 0.5) is 13.2 Å². The Balaban J connectivity index is 4.53. The number of rotatable bonds is 6. The topological polar surface area (TPSA) is 72.3 Å². The summed E-state index contributed by atoms with van der Waals surface area (Å²) in [6, 6.07) is -0.191. The van der Waals surface area contributed by atoms with E-state index in [0.717, 1.165) is 0 Å². The van der Waals surface area contributed by atoms with Gasteiger partial charge in [0.2, 0.25) is 5.91 Å². The summed E-state index contributed by atoms with van der Waals surface area (Å²) in [4.78, 5) is 12.1. The van der Waals surface area contributed by atoms with Gasteiger partial charge in [-0.1, -0.05) is 0 Å². The lowest BCUT2D eigenvalue weighted by molar-refractivity contribution is -0.177. The van der Waals surface area contributed by atoms with Gasteiger partial charge in [0.05, 0.1) is 12.5 Å². The molecule has 0 fully saturated rings. The monoisotopic (exact) mass is 241 g/mol. The van der Waals surface area contributed by atoms with Crippen LogP contribution in [-0.2, 0) is 4.79 Å². The van der Waals surface area contributed by atoms with E-state index in [-0.39, 0.29) is 19.1 Å². The zero-order chi connectivity index (χ0) is 12.9. The second-order valence-corrected chi connectivity index (χ2v) is 3.96. The van der Waals surface area contributed by atoms with E-state index in [1.165, 1.54) is 4.90 Å². The summed E-state index contributed by atoms with van der Waals surface area (Å²) in [7, 11) is 0. The quantitative estimate of drug-likeness (QED) is 0.703. The molecule has 0 saturated heterocycles. The Morgan fingerprint density at radius 2 is 1.88 bits per heavy atom. The van der Waals surface area contributed by atoms with Crippen LogP contribution in [-0.4, -0.2) is 42.7 Å². The number of amides is 1. The Bertz CT molecular complexity index is 231. The lowest BCUT2D eigenvalue weighted by atomic mass is 10.1. The van der Waals surface area contributed by atoms with Crippen LogP contribution in [0.2, 0.25) is 0 Å². The zero-order valence-corrected chi connectivity index (χ0v) is 9.42. The minimum Gasteiger partial charge on any atom is -0.369 e. The average molecular weight is 241 g/mol. The van der Waals surface area contributed by atoms with Crippen molar-refractivity contribution in [2.75, 3.05) is 19.6 Å². The van der Waals surface area contributed by atoms with Gasteiger partial charge in [0.1, 0.15) is 0 Å². The molecule has 4 nitrogen and oxygen atoms in total. The highest BCUT2D eigenvalue weighted by molar-refractivity contribution is 5.75. The molecule has 4 N–H and O–H groups in total. The van der Waals surface area contributed by atoms with E-state index in [4.69, 9.17) is 11.5 Å². The Labute approximate surface area is 92.8 Å². The molecule has 1 amide bonds. The van der Waals surface area contributed by atoms with E-state index in [9.17, 15) is 18.0 Å². The predicted octanol–water partition coefficient (Wildman–Crippen LogP) is 0.319. The zero-order valence-electron chi connectivity index (χ0n) is 9.42. The van der Waals surface area contributed by atoms with Crippen LogP contribution in [0.5, 0.6) is 0 Å². The molecule has 0 radical (unpaired) electrons. The van der Waals surface area contributed by atoms with Gasteiger partial charge in [-0.05, 0) is 13.8 Å². The molecular weight excluding hydrogens is 223 g/mol. The molecule has 7 heteroatoms. The van der Waals surface area contributed by atoms with Gasteiger partial charge in [0, 0.05) is 19.1 Å². The first-order valence-electron chi connectivity index (χ1n) is 4.97. The molecule has 1 atom stereocenters. The minimum absolute atomic E-state index is 0.190. The van der Waals surface area contributed by atoms with Crippen molar-refractivity contribution in [1.82, 2.24) is 4.90 Å². The largest absolute Gasteiger partial charge is 0.394 e. The van der Waals surface area contributed by atoms with Crippen molar-refractivity contribution in [3.63, 3.8) is 0 Å².